The van der Waals surface area contributed by atoms with E-state index >= 15 is 0 Å². The van der Waals surface area contributed by atoms with E-state index in [4.69, 9.17) is 4.74 Å². The van der Waals surface area contributed by atoms with Crippen molar-refractivity contribution in [1.29, 1.82) is 0 Å². The Hall–Kier alpha value is -2.96. The van der Waals surface area contributed by atoms with Crippen LogP contribution >= 0.6 is 0 Å². The Morgan fingerprint density at radius 3 is 2.34 bits per heavy atom. The number of amides is 3. The minimum atomic E-state index is -0.986. The van der Waals surface area contributed by atoms with E-state index in [0.29, 0.717) is 18.5 Å². The molecule has 1 fully saturated rings. The highest BCUT2D eigenvalue weighted by molar-refractivity contribution is 6.05. The molecule has 1 aromatic rings. The van der Waals surface area contributed by atoms with Crippen molar-refractivity contribution in [2.75, 3.05) is 11.9 Å². The van der Waals surface area contributed by atoms with Gasteiger partial charge >= 0.3 is 5.97 Å². The molecule has 154 valence electrons. The monoisotopic (exact) mass is 398 g/mol. The average molecular weight is 398 g/mol. The molecule has 0 radical (unpaired) electrons. The molecule has 1 aliphatic heterocycles. The number of nitrogens with one attached hydrogen (secondary N) is 1. The number of hydrogen-bond donors (Lipinski definition) is 1. The summed E-state index contributed by atoms with van der Waals surface area (Å²) in [5.74, 6) is -2.13. The van der Waals surface area contributed by atoms with Crippen molar-refractivity contribution in [3.63, 3.8) is 0 Å². The summed E-state index contributed by atoms with van der Waals surface area (Å²) in [6, 6.07) is 5.63. The van der Waals surface area contributed by atoms with Crippen LogP contribution in [0.1, 0.15) is 37.3 Å². The van der Waals surface area contributed by atoms with Gasteiger partial charge in [0.05, 0.1) is 18.3 Å². The molecule has 0 unspecified atom stereocenters. The number of anilines is 1. The fraction of sp³-hybridized carbons (Fsp3) is 0.455. The lowest BCUT2D eigenvalue weighted by Crippen LogP contribution is -2.35. The van der Waals surface area contributed by atoms with Crippen LogP contribution in [0, 0.1) is 25.7 Å². The normalized spacial score (nSPS) is 21.7. The first-order valence-corrected chi connectivity index (χ1v) is 9.85. The molecule has 1 heterocycles. The highest BCUT2D eigenvalue weighted by Gasteiger charge is 2.47. The van der Waals surface area contributed by atoms with E-state index in [0.717, 1.165) is 16.0 Å². The number of aryl methyl sites for hydroxylation is 2. The lowest BCUT2D eigenvalue weighted by atomic mass is 9.85. The van der Waals surface area contributed by atoms with Crippen molar-refractivity contribution in [3.8, 4) is 0 Å². The van der Waals surface area contributed by atoms with Crippen molar-refractivity contribution in [3.05, 3.63) is 41.5 Å². The molecule has 0 saturated carbocycles. The first-order chi connectivity index (χ1) is 13.8. The van der Waals surface area contributed by atoms with Crippen molar-refractivity contribution >= 4 is 29.4 Å². The zero-order valence-electron chi connectivity index (χ0n) is 16.9. The number of hydrogen-bond acceptors (Lipinski definition) is 5. The van der Waals surface area contributed by atoms with Crippen LogP contribution < -0.4 is 5.32 Å². The molecule has 1 saturated heterocycles. The zero-order valence-corrected chi connectivity index (χ0v) is 16.9. The maximum atomic E-state index is 12.4. The highest BCUT2D eigenvalue weighted by Crippen LogP contribution is 2.35. The van der Waals surface area contributed by atoms with Gasteiger partial charge in [0.15, 0.2) is 6.10 Å². The van der Waals surface area contributed by atoms with Gasteiger partial charge in [0.25, 0.3) is 5.91 Å². The molecule has 7 heteroatoms. The minimum Gasteiger partial charge on any atom is -0.452 e. The van der Waals surface area contributed by atoms with E-state index in [-0.39, 0.29) is 36.6 Å². The summed E-state index contributed by atoms with van der Waals surface area (Å²) in [4.78, 5) is 50.4. The Morgan fingerprint density at radius 2 is 1.76 bits per heavy atom. The molecule has 7 nitrogen and oxygen atoms in total. The molecule has 0 bridgehead atoms. The van der Waals surface area contributed by atoms with E-state index in [1.165, 1.54) is 6.92 Å². The zero-order chi connectivity index (χ0) is 21.1. The number of fused-ring (bicyclic) bond motifs is 1. The fourth-order valence-electron chi connectivity index (χ4n) is 3.79. The third-order valence-corrected chi connectivity index (χ3v) is 5.46. The predicted molar refractivity (Wildman–Crippen MR) is 107 cm³/mol. The molecule has 3 rings (SSSR count). The van der Waals surface area contributed by atoms with Gasteiger partial charge in [-0.05, 0) is 45.2 Å². The molecule has 0 spiro atoms. The van der Waals surface area contributed by atoms with Gasteiger partial charge in [-0.2, -0.15) is 0 Å². The lowest BCUT2D eigenvalue weighted by Gasteiger charge is -2.17. The van der Waals surface area contributed by atoms with Gasteiger partial charge in [-0.3, -0.25) is 24.1 Å². The number of carbonyl (C=O) groups excluding carboxylic acids is 4. The molecule has 1 aromatic carbocycles. The first-order valence-electron chi connectivity index (χ1n) is 9.85. The minimum absolute atomic E-state index is 0.0189. The maximum Gasteiger partial charge on any atom is 0.308 e. The highest BCUT2D eigenvalue weighted by atomic mass is 16.5. The van der Waals surface area contributed by atoms with Crippen LogP contribution in [-0.4, -0.2) is 41.2 Å². The van der Waals surface area contributed by atoms with Crippen molar-refractivity contribution in [2.24, 2.45) is 11.8 Å². The maximum absolute atomic E-state index is 12.4. The summed E-state index contributed by atoms with van der Waals surface area (Å²) in [6.45, 7) is 5.32. The SMILES string of the molecule is Cc1ccc(NC(=O)[C@H](C)OC(=O)CCN2C(=O)[C@H]3CC=CC[C@@H]3C2=O)c(C)c1. The van der Waals surface area contributed by atoms with E-state index in [2.05, 4.69) is 5.32 Å². The van der Waals surface area contributed by atoms with Gasteiger partial charge in [-0.25, -0.2) is 0 Å². The number of rotatable bonds is 6. The van der Waals surface area contributed by atoms with Crippen molar-refractivity contribution < 1.29 is 23.9 Å². The quantitative estimate of drug-likeness (QED) is 0.452. The number of nitrogens with zero attached hydrogens (tertiary/aromatic N) is 1. The molecular weight excluding hydrogens is 372 g/mol. The van der Waals surface area contributed by atoms with Crippen molar-refractivity contribution in [1.82, 2.24) is 4.90 Å². The number of allylic oxidation sites excluding steroid dienone is 2. The van der Waals surface area contributed by atoms with Gasteiger partial charge in [-0.1, -0.05) is 29.8 Å². The number of benzene rings is 1. The van der Waals surface area contributed by atoms with E-state index in [9.17, 15) is 19.2 Å². The topological polar surface area (TPSA) is 92.8 Å². The van der Waals surface area contributed by atoms with Crippen LogP contribution in [-0.2, 0) is 23.9 Å². The van der Waals surface area contributed by atoms with Crippen LogP contribution in [0.15, 0.2) is 30.4 Å². The Kier molecular flexibility index (Phi) is 6.15. The molecule has 29 heavy (non-hydrogen) atoms. The summed E-state index contributed by atoms with van der Waals surface area (Å²) in [5, 5.41) is 2.75. The first kappa shape index (κ1) is 20.8. The second kappa shape index (κ2) is 8.59. The number of esters is 1. The van der Waals surface area contributed by atoms with Gasteiger partial charge in [0.1, 0.15) is 0 Å². The molecule has 1 N–H and O–H groups in total. The second-order valence-corrected chi connectivity index (χ2v) is 7.67. The number of carbonyl (C=O) groups is 4. The molecule has 0 aromatic heterocycles. The molecule has 2 aliphatic rings. The lowest BCUT2D eigenvalue weighted by molar-refractivity contribution is -0.154. The van der Waals surface area contributed by atoms with E-state index in [1.807, 2.05) is 38.1 Å². The Morgan fingerprint density at radius 1 is 1.14 bits per heavy atom. The van der Waals surface area contributed by atoms with E-state index < -0.39 is 18.0 Å². The third-order valence-electron chi connectivity index (χ3n) is 5.46. The van der Waals surface area contributed by atoms with E-state index in [1.54, 1.807) is 6.07 Å². The molecule has 3 amide bonds. The van der Waals surface area contributed by atoms with Crippen LogP contribution in [0.3, 0.4) is 0 Å². The van der Waals surface area contributed by atoms with Crippen LogP contribution in [0.4, 0.5) is 5.69 Å². The number of imide groups is 1. The standard InChI is InChI=1S/C22H26N2O5/c1-13-8-9-18(14(2)12-13)23-20(26)15(3)29-19(25)10-11-24-21(27)16-6-4-5-7-17(16)22(24)28/h4-5,8-9,12,15-17H,6-7,10-11H2,1-3H3,(H,23,26)/t15-,16-,17-/m0/s1. The fourth-order valence-corrected chi connectivity index (χ4v) is 3.79. The summed E-state index contributed by atoms with van der Waals surface area (Å²) in [5.41, 5.74) is 2.66. The molecular formula is C22H26N2O5. The Labute approximate surface area is 170 Å². The van der Waals surface area contributed by atoms with Gasteiger partial charge in [-0.15, -0.1) is 0 Å². The number of likely N-dealkylation sites (tertiary alicyclic amines) is 1. The van der Waals surface area contributed by atoms with Crippen LogP contribution in [0.5, 0.6) is 0 Å². The Balaban J connectivity index is 1.49. The second-order valence-electron chi connectivity index (χ2n) is 7.67. The van der Waals surface area contributed by atoms with Crippen LogP contribution in [0.2, 0.25) is 0 Å². The predicted octanol–water partition coefficient (Wildman–Crippen LogP) is 2.51. The van der Waals surface area contributed by atoms with Gasteiger partial charge < -0.3 is 10.1 Å². The third kappa shape index (κ3) is 4.55. The summed E-state index contributed by atoms with van der Waals surface area (Å²) in [7, 11) is 0. The van der Waals surface area contributed by atoms with Crippen molar-refractivity contribution in [2.45, 2.75) is 46.1 Å². The molecule has 3 atom stereocenters. The summed E-state index contributed by atoms with van der Waals surface area (Å²) < 4.78 is 5.18. The van der Waals surface area contributed by atoms with Crippen LogP contribution in [0.25, 0.3) is 0 Å². The van der Waals surface area contributed by atoms with Gasteiger partial charge in [0, 0.05) is 12.2 Å². The Bertz CT molecular complexity index is 850. The van der Waals surface area contributed by atoms with Gasteiger partial charge in [0.2, 0.25) is 11.8 Å². The largest absolute Gasteiger partial charge is 0.452 e. The smallest absolute Gasteiger partial charge is 0.308 e. The molecule has 1 aliphatic carbocycles. The summed E-state index contributed by atoms with van der Waals surface area (Å²) >= 11 is 0. The number of ether oxygens (including phenoxy) is 1. The average Bonchev–Trinajstić information content (AvgIpc) is 2.93. The summed E-state index contributed by atoms with van der Waals surface area (Å²) in [6.07, 6.45) is 3.84.